The van der Waals surface area contributed by atoms with Crippen LogP contribution in [-0.4, -0.2) is 59.1 Å². The molecule has 0 fully saturated rings. The third-order valence-corrected chi connectivity index (χ3v) is 14.6. The van der Waals surface area contributed by atoms with Gasteiger partial charge < -0.3 is 15.2 Å². The number of rotatable bonds is 6. The van der Waals surface area contributed by atoms with E-state index in [1.54, 1.807) is 6.33 Å². The summed E-state index contributed by atoms with van der Waals surface area (Å²) >= 11 is 0. The molecule has 0 amide bonds. The van der Waals surface area contributed by atoms with Gasteiger partial charge in [0.25, 0.3) is 0 Å². The van der Waals surface area contributed by atoms with Crippen molar-refractivity contribution in [2.45, 2.75) is 86.2 Å². The van der Waals surface area contributed by atoms with Gasteiger partial charge in [-0.15, -0.1) is 0 Å². The number of hydrogen-bond donors (Lipinski definition) is 2. The Bertz CT molecular complexity index is 4360. The Morgan fingerprint density at radius 2 is 0.945 bits per heavy atom. The number of anilines is 2. The second-order valence-corrected chi connectivity index (χ2v) is 22.5. The Labute approximate surface area is 421 Å². The highest BCUT2D eigenvalue weighted by atomic mass is 15.3. The molecule has 12 heteroatoms. The predicted octanol–water partition coefficient (Wildman–Crippen LogP) is 13.9. The standard InChI is InChI=1S/C61H54N12/c1-32-11-15-38-42(21-32)43-22-33(2)12-16-39(43)52(38)36-25-46-54(48(26-36)68-60(5,6)7)70(30-64-46)56-40-17-18-41-53(40)73-58(66-56)62-29-63-59(73)67-57(41)71-31-65-47-27-37(28-49(55(47)71)69-61(8,9)10)72-50-19-13-34(3)23-44(50)45-24-35(4)14-20-51(45)72/h11-31,52,68-69H,1-10H3. The smallest absolute Gasteiger partial charge is 0.240 e. The monoisotopic (exact) mass is 954 g/mol. The molecule has 14 rings (SSSR count). The molecule has 12 nitrogen and oxygen atoms in total. The van der Waals surface area contributed by atoms with E-state index in [0.29, 0.717) is 23.2 Å². The minimum atomic E-state index is -0.279. The van der Waals surface area contributed by atoms with Crippen LogP contribution in [0.5, 0.6) is 0 Å². The molecule has 1 aliphatic carbocycles. The van der Waals surface area contributed by atoms with Crippen molar-refractivity contribution in [3.8, 4) is 28.5 Å². The zero-order valence-electron chi connectivity index (χ0n) is 42.7. The summed E-state index contributed by atoms with van der Waals surface area (Å²) in [5, 5.41) is 12.1. The molecule has 0 saturated heterocycles. The lowest BCUT2D eigenvalue weighted by Crippen LogP contribution is -2.26. The van der Waals surface area contributed by atoms with Crippen LogP contribution in [0, 0.1) is 27.7 Å². The molecule has 6 heterocycles. The molecular formula is C61H54N12. The van der Waals surface area contributed by atoms with Gasteiger partial charge in [0.2, 0.25) is 11.6 Å². The second kappa shape index (κ2) is 15.0. The highest BCUT2D eigenvalue weighted by Gasteiger charge is 2.32. The molecule has 73 heavy (non-hydrogen) atoms. The quantitative estimate of drug-likeness (QED) is 0.169. The lowest BCUT2D eigenvalue weighted by molar-refractivity contribution is 0.634. The van der Waals surface area contributed by atoms with Crippen LogP contribution in [0.2, 0.25) is 0 Å². The van der Waals surface area contributed by atoms with Crippen molar-refractivity contribution in [3.05, 3.63) is 167 Å². The van der Waals surface area contributed by atoms with Crippen LogP contribution < -0.4 is 10.6 Å². The Morgan fingerprint density at radius 1 is 0.466 bits per heavy atom. The lowest BCUT2D eigenvalue weighted by atomic mass is 9.88. The summed E-state index contributed by atoms with van der Waals surface area (Å²) in [7, 11) is 0. The second-order valence-electron chi connectivity index (χ2n) is 22.5. The maximum absolute atomic E-state index is 5.30. The third-order valence-electron chi connectivity index (χ3n) is 14.6. The molecule has 0 spiro atoms. The zero-order chi connectivity index (χ0) is 50.0. The summed E-state index contributed by atoms with van der Waals surface area (Å²) in [4.78, 5) is 30.5. The average Bonchev–Trinajstić information content (AvgIpc) is 4.18. The minimum Gasteiger partial charge on any atom is -0.379 e. The van der Waals surface area contributed by atoms with Crippen molar-refractivity contribution in [1.82, 2.24) is 48.0 Å². The fourth-order valence-electron chi connectivity index (χ4n) is 11.7. The molecule has 0 radical (unpaired) electrons. The number of aromatic nitrogens is 10. The summed E-state index contributed by atoms with van der Waals surface area (Å²) < 4.78 is 8.57. The Hall–Kier alpha value is -8.64. The van der Waals surface area contributed by atoms with Gasteiger partial charge in [-0.3, -0.25) is 9.13 Å². The largest absolute Gasteiger partial charge is 0.379 e. The molecule has 0 bridgehead atoms. The molecule has 1 aliphatic rings. The van der Waals surface area contributed by atoms with Crippen molar-refractivity contribution >= 4 is 83.1 Å². The van der Waals surface area contributed by atoms with Gasteiger partial charge in [0.1, 0.15) is 19.0 Å². The van der Waals surface area contributed by atoms with E-state index in [0.717, 1.165) is 66.5 Å². The fourth-order valence-corrected chi connectivity index (χ4v) is 11.7. The van der Waals surface area contributed by atoms with Crippen LogP contribution in [0.1, 0.15) is 86.4 Å². The topological polar surface area (TPSA) is 121 Å². The van der Waals surface area contributed by atoms with Crippen molar-refractivity contribution in [1.29, 1.82) is 0 Å². The van der Waals surface area contributed by atoms with Crippen LogP contribution in [0.25, 0.3) is 100 Å². The van der Waals surface area contributed by atoms with Crippen LogP contribution in [0.3, 0.4) is 0 Å². The number of imidazole rings is 2. The Kier molecular flexibility index (Phi) is 8.84. The first-order valence-electron chi connectivity index (χ1n) is 25.1. The maximum atomic E-state index is 5.30. The summed E-state index contributed by atoms with van der Waals surface area (Å²) in [5.41, 5.74) is 20.6. The summed E-state index contributed by atoms with van der Waals surface area (Å²) in [6.07, 6.45) is 5.35. The average molecular weight is 955 g/mol. The number of nitrogens with zero attached hydrogens (tertiary/aromatic N) is 10. The van der Waals surface area contributed by atoms with Crippen LogP contribution in [0.4, 0.5) is 11.4 Å². The van der Waals surface area contributed by atoms with Crippen molar-refractivity contribution in [3.63, 3.8) is 0 Å². The van der Waals surface area contributed by atoms with E-state index in [9.17, 15) is 0 Å². The number of fused-ring (bicyclic) bond motifs is 8. The summed E-state index contributed by atoms with van der Waals surface area (Å²) in [6.45, 7) is 21.8. The van der Waals surface area contributed by atoms with Crippen molar-refractivity contribution in [2.75, 3.05) is 10.6 Å². The molecule has 7 aromatic carbocycles. The van der Waals surface area contributed by atoms with Crippen molar-refractivity contribution in [2.24, 2.45) is 0 Å². The molecular weight excluding hydrogens is 901 g/mol. The van der Waals surface area contributed by atoms with E-state index in [1.807, 2.05) is 17.1 Å². The predicted molar refractivity (Wildman–Crippen MR) is 297 cm³/mol. The van der Waals surface area contributed by atoms with E-state index in [1.165, 1.54) is 60.8 Å². The van der Waals surface area contributed by atoms with Gasteiger partial charge in [0.05, 0.1) is 55.7 Å². The summed E-state index contributed by atoms with van der Waals surface area (Å²) in [6, 6.07) is 40.5. The summed E-state index contributed by atoms with van der Waals surface area (Å²) in [5.74, 6) is 2.45. The molecule has 0 aliphatic heterocycles. The van der Waals surface area contributed by atoms with E-state index in [2.05, 4.69) is 203 Å². The van der Waals surface area contributed by atoms with Gasteiger partial charge in [-0.25, -0.2) is 24.3 Å². The van der Waals surface area contributed by atoms with E-state index in [4.69, 9.17) is 29.9 Å². The van der Waals surface area contributed by atoms with Crippen molar-refractivity contribution < 1.29 is 0 Å². The van der Waals surface area contributed by atoms with Gasteiger partial charge in [0.15, 0.2) is 11.6 Å². The number of nitrogens with one attached hydrogen (secondary N) is 2. The molecule has 6 aromatic heterocycles. The minimum absolute atomic E-state index is 0.0544. The SMILES string of the molecule is Cc1ccc2c(c1)-c1cc(C)ccc1C2c1cc(NC(C)(C)C)c2c(c1)ncn2-c1nc2ncnc3nc(-n4cnc5cc(-n6c7ccc(C)cc7c7cc(C)ccc76)cc(NC(C)(C)C)c54)c4ccc1c4n23. The molecule has 2 N–H and O–H groups in total. The van der Waals surface area contributed by atoms with Gasteiger partial charge >= 0.3 is 0 Å². The first kappa shape index (κ1) is 43.2. The van der Waals surface area contributed by atoms with Crippen LogP contribution >= 0.6 is 0 Å². The highest BCUT2D eigenvalue weighted by molar-refractivity contribution is 6.11. The van der Waals surface area contributed by atoms with E-state index in [-0.39, 0.29) is 17.0 Å². The number of hydrogen-bond acceptors (Lipinski definition) is 8. The fraction of sp³-hybridized carbons (Fsp3) is 0.213. The highest BCUT2D eigenvalue weighted by Crippen LogP contribution is 2.50. The molecule has 0 saturated carbocycles. The Morgan fingerprint density at radius 3 is 1.47 bits per heavy atom. The van der Waals surface area contributed by atoms with E-state index >= 15 is 0 Å². The molecule has 13 aromatic rings. The van der Waals surface area contributed by atoms with Gasteiger partial charge in [-0.2, -0.15) is 9.97 Å². The van der Waals surface area contributed by atoms with Gasteiger partial charge in [-0.05, 0) is 158 Å². The molecule has 358 valence electrons. The van der Waals surface area contributed by atoms with Gasteiger partial charge in [0, 0.05) is 38.5 Å². The lowest BCUT2D eigenvalue weighted by Gasteiger charge is -2.25. The first-order chi connectivity index (χ1) is 35.0. The molecule has 0 atom stereocenters. The zero-order valence-corrected chi connectivity index (χ0v) is 42.7. The first-order valence-corrected chi connectivity index (χ1v) is 25.1. The normalized spacial score (nSPS) is 13.3. The van der Waals surface area contributed by atoms with E-state index < -0.39 is 0 Å². The third kappa shape index (κ3) is 6.58. The van der Waals surface area contributed by atoms with Gasteiger partial charge in [-0.1, -0.05) is 70.8 Å². The van der Waals surface area contributed by atoms with Crippen LogP contribution in [-0.2, 0) is 0 Å². The van der Waals surface area contributed by atoms with Crippen LogP contribution in [0.15, 0.2) is 128 Å². The Balaban J connectivity index is 0.965. The number of aryl methyl sites for hydroxylation is 4. The maximum Gasteiger partial charge on any atom is 0.240 e. The number of benzene rings is 6. The molecule has 0 unspecified atom stereocenters.